The number of hydrogen-bond acceptors (Lipinski definition) is 5. The summed E-state index contributed by atoms with van der Waals surface area (Å²) in [6, 6.07) is 10.9. The van der Waals surface area contributed by atoms with Gasteiger partial charge in [-0.25, -0.2) is 17.8 Å². The van der Waals surface area contributed by atoms with Crippen molar-refractivity contribution in [1.29, 1.82) is 0 Å². The maximum atomic E-state index is 12.4. The molecule has 0 saturated carbocycles. The van der Waals surface area contributed by atoms with Crippen LogP contribution in [0.15, 0.2) is 64.2 Å². The molecule has 2 N–H and O–H groups in total. The minimum absolute atomic E-state index is 0.0523. The van der Waals surface area contributed by atoms with E-state index < -0.39 is 10.0 Å². The van der Waals surface area contributed by atoms with Gasteiger partial charge in [-0.1, -0.05) is 0 Å². The Balaban J connectivity index is 1.68. The van der Waals surface area contributed by atoms with E-state index in [0.717, 1.165) is 0 Å². The fraction of sp³-hybridized carbons (Fsp3) is 0.222. The second kappa shape index (κ2) is 7.77. The summed E-state index contributed by atoms with van der Waals surface area (Å²) in [6.45, 7) is 3.97. The highest BCUT2D eigenvalue weighted by Crippen LogP contribution is 2.16. The summed E-state index contributed by atoms with van der Waals surface area (Å²) in [5, 5.41) is 6.93. The number of hydrogen-bond donors (Lipinski definition) is 2. The summed E-state index contributed by atoms with van der Waals surface area (Å²) >= 11 is 0. The molecule has 0 atom stereocenters. The number of nitrogens with one attached hydrogen (secondary N) is 2. The van der Waals surface area contributed by atoms with Gasteiger partial charge in [-0.3, -0.25) is 4.79 Å². The van der Waals surface area contributed by atoms with Gasteiger partial charge >= 0.3 is 0 Å². The number of carbonyl (C=O) groups is 1. The minimum atomic E-state index is -3.70. The fourth-order valence-corrected chi connectivity index (χ4v) is 3.45. The molecule has 1 amide bonds. The monoisotopic (exact) mass is 388 g/mol. The largest absolute Gasteiger partial charge is 0.468 e. The molecule has 0 aliphatic heterocycles. The topological polar surface area (TPSA) is 106 Å². The predicted molar refractivity (Wildman–Crippen MR) is 99.7 cm³/mol. The SMILES string of the molecule is CC(C)n1nccc1NC(=O)c1ccc(S(=O)(=O)NCc2ccco2)cc1. The van der Waals surface area contributed by atoms with Crippen molar-refractivity contribution in [3.8, 4) is 0 Å². The van der Waals surface area contributed by atoms with Crippen LogP contribution in [0.2, 0.25) is 0 Å². The van der Waals surface area contributed by atoms with Crippen LogP contribution in [0.25, 0.3) is 0 Å². The van der Waals surface area contributed by atoms with Crippen molar-refractivity contribution in [2.24, 2.45) is 0 Å². The molecular formula is C18H20N4O4S. The Morgan fingerprint density at radius 3 is 2.56 bits per heavy atom. The molecule has 1 aromatic carbocycles. The number of amides is 1. The van der Waals surface area contributed by atoms with Gasteiger partial charge in [-0.05, 0) is 50.2 Å². The molecule has 0 aliphatic carbocycles. The van der Waals surface area contributed by atoms with Crippen LogP contribution in [0.1, 0.15) is 36.0 Å². The maximum absolute atomic E-state index is 12.4. The summed E-state index contributed by atoms with van der Waals surface area (Å²) < 4.78 is 33.9. The van der Waals surface area contributed by atoms with E-state index in [4.69, 9.17) is 4.42 Å². The molecule has 2 aromatic heterocycles. The van der Waals surface area contributed by atoms with Crippen LogP contribution < -0.4 is 10.0 Å². The molecule has 0 aliphatic rings. The van der Waals surface area contributed by atoms with Crippen LogP contribution in [-0.4, -0.2) is 24.1 Å². The van der Waals surface area contributed by atoms with E-state index in [0.29, 0.717) is 17.1 Å². The van der Waals surface area contributed by atoms with Crippen molar-refractivity contribution in [2.75, 3.05) is 5.32 Å². The Labute approximate surface area is 157 Å². The third kappa shape index (κ3) is 4.44. The zero-order valence-electron chi connectivity index (χ0n) is 14.9. The summed E-state index contributed by atoms with van der Waals surface area (Å²) in [5.41, 5.74) is 0.344. The van der Waals surface area contributed by atoms with E-state index in [1.54, 1.807) is 29.1 Å². The second-order valence-corrected chi connectivity index (χ2v) is 7.90. The molecule has 8 nitrogen and oxygen atoms in total. The van der Waals surface area contributed by atoms with Crippen molar-refractivity contribution in [3.63, 3.8) is 0 Å². The number of sulfonamides is 1. The van der Waals surface area contributed by atoms with Crippen molar-refractivity contribution in [1.82, 2.24) is 14.5 Å². The number of aromatic nitrogens is 2. The standard InChI is InChI=1S/C18H20N4O4S/c1-13(2)22-17(9-10-19-22)21-18(23)14-5-7-16(8-6-14)27(24,25)20-12-15-4-3-11-26-15/h3-11,13,20H,12H2,1-2H3,(H,21,23). The van der Waals surface area contributed by atoms with Gasteiger partial charge in [0.15, 0.2) is 0 Å². The number of furan rings is 1. The molecule has 2 heterocycles. The first-order valence-corrected chi connectivity index (χ1v) is 9.82. The lowest BCUT2D eigenvalue weighted by Crippen LogP contribution is -2.23. The lowest BCUT2D eigenvalue weighted by atomic mass is 10.2. The summed E-state index contributed by atoms with van der Waals surface area (Å²) in [6.07, 6.45) is 3.08. The average molecular weight is 388 g/mol. The van der Waals surface area contributed by atoms with E-state index in [1.165, 1.54) is 30.5 Å². The van der Waals surface area contributed by atoms with Gasteiger partial charge < -0.3 is 9.73 Å². The Hall–Kier alpha value is -2.91. The Morgan fingerprint density at radius 1 is 1.19 bits per heavy atom. The van der Waals surface area contributed by atoms with Gasteiger partial charge in [-0.2, -0.15) is 5.10 Å². The third-order valence-electron chi connectivity index (χ3n) is 3.84. The quantitative estimate of drug-likeness (QED) is 0.647. The van der Waals surface area contributed by atoms with Gasteiger partial charge in [0, 0.05) is 17.7 Å². The van der Waals surface area contributed by atoms with Crippen LogP contribution in [0.5, 0.6) is 0 Å². The maximum Gasteiger partial charge on any atom is 0.256 e. The number of carbonyl (C=O) groups excluding carboxylic acids is 1. The molecule has 3 rings (SSSR count). The highest BCUT2D eigenvalue weighted by molar-refractivity contribution is 7.89. The lowest BCUT2D eigenvalue weighted by Gasteiger charge is -2.12. The first kappa shape index (κ1) is 18.9. The van der Waals surface area contributed by atoms with Gasteiger partial charge in [0.05, 0.1) is 23.9 Å². The summed E-state index contributed by atoms with van der Waals surface area (Å²) in [7, 11) is -3.70. The molecule has 0 fully saturated rings. The number of nitrogens with zero attached hydrogens (tertiary/aromatic N) is 2. The molecule has 0 unspecified atom stereocenters. The molecule has 0 bridgehead atoms. The number of anilines is 1. The fourth-order valence-electron chi connectivity index (χ4n) is 2.46. The molecule has 9 heteroatoms. The summed E-state index contributed by atoms with van der Waals surface area (Å²) in [5.74, 6) is 0.744. The predicted octanol–water partition coefficient (Wildman–Crippen LogP) is 2.79. The molecular weight excluding hydrogens is 368 g/mol. The highest BCUT2D eigenvalue weighted by atomic mass is 32.2. The third-order valence-corrected chi connectivity index (χ3v) is 5.26. The van der Waals surface area contributed by atoms with Crippen molar-refractivity contribution >= 4 is 21.7 Å². The minimum Gasteiger partial charge on any atom is -0.468 e. The Kier molecular flexibility index (Phi) is 5.43. The molecule has 0 saturated heterocycles. The summed E-state index contributed by atoms with van der Waals surface area (Å²) in [4.78, 5) is 12.5. The van der Waals surface area contributed by atoms with Crippen LogP contribution in [0, 0.1) is 0 Å². The van der Waals surface area contributed by atoms with Gasteiger partial charge in [0.2, 0.25) is 10.0 Å². The first-order chi connectivity index (χ1) is 12.9. The zero-order valence-corrected chi connectivity index (χ0v) is 15.7. The van der Waals surface area contributed by atoms with Crippen LogP contribution >= 0.6 is 0 Å². The molecule has 3 aromatic rings. The van der Waals surface area contributed by atoms with Crippen molar-refractivity contribution in [2.45, 2.75) is 31.3 Å². The van der Waals surface area contributed by atoms with E-state index in [9.17, 15) is 13.2 Å². The average Bonchev–Trinajstić information content (AvgIpc) is 3.32. The van der Waals surface area contributed by atoms with E-state index in [-0.39, 0.29) is 23.4 Å². The smallest absolute Gasteiger partial charge is 0.256 e. The lowest BCUT2D eigenvalue weighted by molar-refractivity contribution is 0.102. The van der Waals surface area contributed by atoms with Gasteiger partial charge in [-0.15, -0.1) is 0 Å². The van der Waals surface area contributed by atoms with Crippen LogP contribution in [0.4, 0.5) is 5.82 Å². The number of benzene rings is 1. The number of rotatable bonds is 7. The van der Waals surface area contributed by atoms with E-state index in [1.807, 2.05) is 13.8 Å². The van der Waals surface area contributed by atoms with Crippen molar-refractivity contribution in [3.05, 3.63) is 66.2 Å². The Morgan fingerprint density at radius 2 is 1.93 bits per heavy atom. The molecule has 142 valence electrons. The normalized spacial score (nSPS) is 11.7. The Bertz CT molecular complexity index is 1010. The molecule has 0 spiro atoms. The van der Waals surface area contributed by atoms with E-state index in [2.05, 4.69) is 15.1 Å². The van der Waals surface area contributed by atoms with Gasteiger partial charge in [0.25, 0.3) is 5.91 Å². The molecule has 0 radical (unpaired) electrons. The van der Waals surface area contributed by atoms with Crippen LogP contribution in [0.3, 0.4) is 0 Å². The van der Waals surface area contributed by atoms with Crippen LogP contribution in [-0.2, 0) is 16.6 Å². The highest BCUT2D eigenvalue weighted by Gasteiger charge is 2.16. The van der Waals surface area contributed by atoms with E-state index >= 15 is 0 Å². The zero-order chi connectivity index (χ0) is 19.4. The first-order valence-electron chi connectivity index (χ1n) is 8.34. The second-order valence-electron chi connectivity index (χ2n) is 6.14. The molecule has 27 heavy (non-hydrogen) atoms. The van der Waals surface area contributed by atoms with Gasteiger partial charge in [0.1, 0.15) is 11.6 Å². The van der Waals surface area contributed by atoms with Crippen molar-refractivity contribution < 1.29 is 17.6 Å².